The van der Waals surface area contributed by atoms with Crippen LogP contribution >= 0.6 is 0 Å². The van der Waals surface area contributed by atoms with E-state index in [2.05, 4.69) is 11.5 Å². The van der Waals surface area contributed by atoms with Crippen LogP contribution in [0, 0.1) is 13.8 Å². The van der Waals surface area contributed by atoms with Crippen molar-refractivity contribution in [3.63, 3.8) is 0 Å². The molecule has 0 radical (unpaired) electrons. The lowest BCUT2D eigenvalue weighted by atomic mass is 10.0. The quantitative estimate of drug-likeness (QED) is 0.780. The van der Waals surface area contributed by atoms with E-state index in [1.54, 1.807) is 7.11 Å². The van der Waals surface area contributed by atoms with E-state index in [4.69, 9.17) is 4.74 Å². The molecular weight excluding hydrogens is 290 g/mol. The third-order valence-electron chi connectivity index (χ3n) is 4.39. The first-order chi connectivity index (χ1) is 10.8. The Kier molecular flexibility index (Phi) is 4.73. The van der Waals surface area contributed by atoms with Gasteiger partial charge in [-0.05, 0) is 52.3 Å². The normalized spacial score (nSPS) is 12.1. The first-order valence-corrected chi connectivity index (χ1v) is 7.66. The minimum Gasteiger partial charge on any atom is -0.497 e. The van der Waals surface area contributed by atoms with E-state index < -0.39 is 0 Å². The van der Waals surface area contributed by atoms with Gasteiger partial charge in [-0.15, -0.1) is 0 Å². The molecule has 1 aromatic heterocycles. The number of Topliss-reactive ketones (excluding diaryl/α,β-unsaturated/α-hetero) is 2. The van der Waals surface area contributed by atoms with Gasteiger partial charge in [0.05, 0.1) is 13.2 Å². The lowest BCUT2D eigenvalue weighted by molar-refractivity contribution is 0.0981. The van der Waals surface area contributed by atoms with Gasteiger partial charge in [-0.25, -0.2) is 0 Å². The average molecular weight is 313 g/mol. The molecule has 1 aromatic carbocycles. The van der Waals surface area contributed by atoms with Crippen LogP contribution in [0.3, 0.4) is 0 Å². The highest BCUT2D eigenvalue weighted by atomic mass is 16.5. The van der Waals surface area contributed by atoms with E-state index in [0.29, 0.717) is 11.1 Å². The van der Waals surface area contributed by atoms with Gasteiger partial charge >= 0.3 is 0 Å². The van der Waals surface area contributed by atoms with E-state index in [0.717, 1.165) is 22.7 Å². The number of hydrogen-bond donors (Lipinski definition) is 0. The summed E-state index contributed by atoms with van der Waals surface area (Å²) in [7, 11) is 1.64. The fourth-order valence-corrected chi connectivity index (χ4v) is 3.33. The topological polar surface area (TPSA) is 48.3 Å². The van der Waals surface area contributed by atoms with E-state index in [1.165, 1.54) is 13.8 Å². The summed E-state index contributed by atoms with van der Waals surface area (Å²) in [6.45, 7) is 8.88. The van der Waals surface area contributed by atoms with Crippen LogP contribution in [0.15, 0.2) is 24.3 Å². The number of rotatable bonds is 5. The zero-order valence-corrected chi connectivity index (χ0v) is 14.6. The molecule has 1 heterocycles. The highest BCUT2D eigenvalue weighted by Gasteiger charge is 2.25. The number of carbonyl (C=O) groups excluding carboxylic acids is 2. The summed E-state index contributed by atoms with van der Waals surface area (Å²) in [5, 5.41) is 0. The Morgan fingerprint density at radius 2 is 1.39 bits per heavy atom. The van der Waals surface area contributed by atoms with Gasteiger partial charge in [-0.2, -0.15) is 0 Å². The maximum Gasteiger partial charge on any atom is 0.162 e. The van der Waals surface area contributed by atoms with Crippen molar-refractivity contribution >= 4 is 11.6 Å². The number of hydrogen-bond acceptors (Lipinski definition) is 3. The van der Waals surface area contributed by atoms with Crippen LogP contribution in [-0.4, -0.2) is 23.2 Å². The highest BCUT2D eigenvalue weighted by Crippen LogP contribution is 2.30. The molecule has 0 aliphatic carbocycles. The van der Waals surface area contributed by atoms with Crippen LogP contribution < -0.4 is 4.74 Å². The van der Waals surface area contributed by atoms with Crippen LogP contribution in [0.4, 0.5) is 0 Å². The third-order valence-corrected chi connectivity index (χ3v) is 4.39. The maximum atomic E-state index is 12.0. The molecule has 0 aliphatic heterocycles. The van der Waals surface area contributed by atoms with Gasteiger partial charge in [0.2, 0.25) is 0 Å². The lowest BCUT2D eigenvalue weighted by Gasteiger charge is -2.19. The SMILES string of the molecule is COc1ccc([C@@H](C)n2c(C)c(C(C)=O)c(C(C)=O)c2C)cc1. The van der Waals surface area contributed by atoms with Crippen molar-refractivity contribution in [3.8, 4) is 5.75 Å². The fraction of sp³-hybridized carbons (Fsp3) is 0.368. The number of carbonyl (C=O) groups is 2. The van der Waals surface area contributed by atoms with Crippen molar-refractivity contribution in [2.75, 3.05) is 7.11 Å². The Morgan fingerprint density at radius 3 is 1.74 bits per heavy atom. The first kappa shape index (κ1) is 17.0. The summed E-state index contributed by atoms with van der Waals surface area (Å²) < 4.78 is 7.26. The fourth-order valence-electron chi connectivity index (χ4n) is 3.33. The molecule has 0 fully saturated rings. The molecule has 0 spiro atoms. The number of benzene rings is 1. The van der Waals surface area contributed by atoms with Crippen LogP contribution in [0.2, 0.25) is 0 Å². The van der Waals surface area contributed by atoms with E-state index in [1.807, 2.05) is 38.1 Å². The summed E-state index contributed by atoms with van der Waals surface area (Å²) in [6, 6.07) is 7.86. The smallest absolute Gasteiger partial charge is 0.162 e. The summed E-state index contributed by atoms with van der Waals surface area (Å²) in [6.07, 6.45) is 0. The molecule has 0 aliphatic rings. The minimum absolute atomic E-state index is 0.0205. The molecule has 4 nitrogen and oxygen atoms in total. The Labute approximate surface area is 137 Å². The van der Waals surface area contributed by atoms with Gasteiger partial charge in [0.15, 0.2) is 11.6 Å². The van der Waals surface area contributed by atoms with Crippen molar-refractivity contribution in [1.29, 1.82) is 0 Å². The summed E-state index contributed by atoms with van der Waals surface area (Å²) in [5.74, 6) is 0.656. The van der Waals surface area contributed by atoms with Gasteiger partial charge in [0.25, 0.3) is 0 Å². The molecule has 0 amide bonds. The number of aromatic nitrogens is 1. The molecule has 0 N–H and O–H groups in total. The van der Waals surface area contributed by atoms with Crippen molar-refractivity contribution in [1.82, 2.24) is 4.57 Å². The molecule has 0 saturated carbocycles. The molecule has 23 heavy (non-hydrogen) atoms. The predicted molar refractivity (Wildman–Crippen MR) is 90.7 cm³/mol. The Hall–Kier alpha value is -2.36. The van der Waals surface area contributed by atoms with Crippen molar-refractivity contribution in [3.05, 3.63) is 52.3 Å². The van der Waals surface area contributed by atoms with Crippen LogP contribution in [0.5, 0.6) is 5.75 Å². The van der Waals surface area contributed by atoms with Crippen molar-refractivity contribution < 1.29 is 14.3 Å². The number of ketones is 2. The second-order valence-corrected chi connectivity index (χ2v) is 5.85. The third kappa shape index (κ3) is 2.93. The van der Waals surface area contributed by atoms with Crippen LogP contribution in [-0.2, 0) is 0 Å². The van der Waals surface area contributed by atoms with Crippen LogP contribution in [0.25, 0.3) is 0 Å². The zero-order valence-electron chi connectivity index (χ0n) is 14.6. The number of methoxy groups -OCH3 is 1. The van der Waals surface area contributed by atoms with E-state index in [9.17, 15) is 9.59 Å². The molecule has 1 atom stereocenters. The van der Waals surface area contributed by atoms with Gasteiger partial charge in [0.1, 0.15) is 5.75 Å². The average Bonchev–Trinajstić information content (AvgIpc) is 2.78. The largest absolute Gasteiger partial charge is 0.497 e. The Bertz CT molecular complexity index is 716. The van der Waals surface area contributed by atoms with Gasteiger partial charge in [0, 0.05) is 22.5 Å². The minimum atomic E-state index is -0.0727. The summed E-state index contributed by atoms with van der Waals surface area (Å²) in [4.78, 5) is 24.0. The molecule has 0 unspecified atom stereocenters. The molecule has 0 saturated heterocycles. The van der Waals surface area contributed by atoms with E-state index >= 15 is 0 Å². The predicted octanol–water partition coefficient (Wildman–Crippen LogP) is 4.13. The lowest BCUT2D eigenvalue weighted by Crippen LogP contribution is -2.11. The monoisotopic (exact) mass is 313 g/mol. The maximum absolute atomic E-state index is 12.0. The number of ether oxygens (including phenoxy) is 1. The number of nitrogens with zero attached hydrogens (tertiary/aromatic N) is 1. The second kappa shape index (κ2) is 6.41. The molecule has 4 heteroatoms. The van der Waals surface area contributed by atoms with Gasteiger partial charge in [-0.1, -0.05) is 12.1 Å². The standard InChI is InChI=1S/C19H23NO3/c1-11(16-7-9-17(23-6)10-8-16)20-12(2)18(14(4)21)19(13(20)3)15(5)22/h7-11H,1-6H3/t11-/m1/s1. The molecular formula is C19H23NO3. The second-order valence-electron chi connectivity index (χ2n) is 5.85. The molecule has 122 valence electrons. The molecule has 2 rings (SSSR count). The van der Waals surface area contributed by atoms with Gasteiger partial charge < -0.3 is 9.30 Å². The zero-order chi connectivity index (χ0) is 17.3. The highest BCUT2D eigenvalue weighted by molar-refractivity contribution is 6.09. The van der Waals surface area contributed by atoms with Crippen molar-refractivity contribution in [2.24, 2.45) is 0 Å². The Morgan fingerprint density at radius 1 is 0.957 bits per heavy atom. The van der Waals surface area contributed by atoms with Gasteiger partial charge in [-0.3, -0.25) is 9.59 Å². The summed E-state index contributed by atoms with van der Waals surface area (Å²) in [5.41, 5.74) is 3.84. The van der Waals surface area contributed by atoms with Crippen LogP contribution in [0.1, 0.15) is 64.5 Å². The Balaban J connectivity index is 2.60. The van der Waals surface area contributed by atoms with Crippen molar-refractivity contribution in [2.45, 2.75) is 40.7 Å². The first-order valence-electron chi connectivity index (χ1n) is 7.66. The van der Waals surface area contributed by atoms with E-state index in [-0.39, 0.29) is 17.6 Å². The molecule has 0 bridgehead atoms. The molecule has 2 aromatic rings. The summed E-state index contributed by atoms with van der Waals surface area (Å²) >= 11 is 0.